The molecule has 82 heavy (non-hydrogen) atoms. The van der Waals surface area contributed by atoms with Crippen molar-refractivity contribution in [1.29, 1.82) is 0 Å². The van der Waals surface area contributed by atoms with Crippen LogP contribution >= 0.6 is 0 Å². The standard InChI is InChI=1S/C76H138O6/c1-4-7-10-13-16-19-22-25-28-31-34-36-37-38-39-41-42-45-48-51-54-57-60-63-66-69-75(78)81-72-73(71-80-74(77)68-65-62-59-56-53-50-47-44-33-30-27-24-21-18-15-12-9-6-3)82-76(79)70-67-64-61-58-55-52-49-46-43-40-35-32-29-26-23-20-17-14-11-8-5-2/h22,25,30-35,37-38,73H,4-21,23-24,26-29,36,39-72H2,1-3H3/b25-22-,33-30-,34-31-,35-32-,38-37-. The van der Waals surface area contributed by atoms with Gasteiger partial charge in [-0.1, -0.05) is 319 Å². The molecule has 0 heterocycles. The van der Waals surface area contributed by atoms with E-state index in [2.05, 4.69) is 81.5 Å². The second kappa shape index (κ2) is 70.6. The highest BCUT2D eigenvalue weighted by Crippen LogP contribution is 2.17. The van der Waals surface area contributed by atoms with Gasteiger partial charge in [0.25, 0.3) is 0 Å². The van der Waals surface area contributed by atoms with Crippen LogP contribution in [0.3, 0.4) is 0 Å². The molecule has 478 valence electrons. The Hall–Kier alpha value is -2.89. The Bertz CT molecular complexity index is 1460. The molecule has 0 aromatic carbocycles. The van der Waals surface area contributed by atoms with Gasteiger partial charge in [0, 0.05) is 19.3 Å². The fraction of sp³-hybridized carbons (Fsp3) is 0.829. The number of esters is 3. The van der Waals surface area contributed by atoms with Crippen LogP contribution in [0.4, 0.5) is 0 Å². The largest absolute Gasteiger partial charge is 0.462 e. The van der Waals surface area contributed by atoms with Gasteiger partial charge < -0.3 is 14.2 Å². The number of unbranched alkanes of at least 4 members (excludes halogenated alkanes) is 46. The number of hydrogen-bond donors (Lipinski definition) is 0. The molecule has 0 bridgehead atoms. The first-order valence-corrected chi connectivity index (χ1v) is 36.3. The maximum absolute atomic E-state index is 13.0. The van der Waals surface area contributed by atoms with Crippen molar-refractivity contribution in [1.82, 2.24) is 0 Å². The zero-order valence-corrected chi connectivity index (χ0v) is 55.0. The summed E-state index contributed by atoms with van der Waals surface area (Å²) in [5.41, 5.74) is 0. The summed E-state index contributed by atoms with van der Waals surface area (Å²) in [7, 11) is 0. The maximum atomic E-state index is 13.0. The molecule has 0 aliphatic carbocycles. The van der Waals surface area contributed by atoms with Gasteiger partial charge >= 0.3 is 17.9 Å². The normalized spacial score (nSPS) is 12.4. The van der Waals surface area contributed by atoms with Gasteiger partial charge in [-0.05, 0) is 109 Å². The molecule has 0 spiro atoms. The number of hydrogen-bond acceptors (Lipinski definition) is 6. The van der Waals surface area contributed by atoms with Gasteiger partial charge in [0.2, 0.25) is 0 Å². The van der Waals surface area contributed by atoms with E-state index in [-0.39, 0.29) is 31.1 Å². The fourth-order valence-corrected chi connectivity index (χ4v) is 10.7. The second-order valence-corrected chi connectivity index (χ2v) is 24.5. The molecule has 0 saturated carbocycles. The molecular weight excluding hydrogens is 1010 g/mol. The minimum atomic E-state index is -0.781. The number of carbonyl (C=O) groups excluding carboxylic acids is 3. The lowest BCUT2D eigenvalue weighted by Gasteiger charge is -2.18. The molecule has 1 atom stereocenters. The van der Waals surface area contributed by atoms with Crippen molar-refractivity contribution in [3.63, 3.8) is 0 Å². The SMILES string of the molecule is CCCCCCC/C=C\C/C=C\C/C=C\CCCCCCCCCCCCC(=O)OCC(COC(=O)CCCCCCCCC/C=C\CCCCCCCCC)OC(=O)CCCCCCCCCCC/C=C\CCCCCCCCCC. The molecule has 0 saturated heterocycles. The quantitative estimate of drug-likeness (QED) is 0.0261. The lowest BCUT2D eigenvalue weighted by atomic mass is 10.0. The predicted molar refractivity (Wildman–Crippen MR) is 358 cm³/mol. The van der Waals surface area contributed by atoms with Gasteiger partial charge in [-0.15, -0.1) is 0 Å². The monoisotopic (exact) mass is 1150 g/mol. The average Bonchev–Trinajstić information content (AvgIpc) is 3.47. The third kappa shape index (κ3) is 67.9. The van der Waals surface area contributed by atoms with Crippen molar-refractivity contribution in [2.24, 2.45) is 0 Å². The highest BCUT2D eigenvalue weighted by molar-refractivity contribution is 5.71. The van der Waals surface area contributed by atoms with E-state index in [0.717, 1.165) is 70.6 Å². The Morgan fingerprint density at radius 1 is 0.244 bits per heavy atom. The summed E-state index contributed by atoms with van der Waals surface area (Å²) in [6.07, 6.45) is 91.0. The highest BCUT2D eigenvalue weighted by Gasteiger charge is 2.19. The molecule has 0 radical (unpaired) electrons. The molecule has 0 aromatic heterocycles. The first kappa shape index (κ1) is 79.1. The van der Waals surface area contributed by atoms with Crippen LogP contribution in [0, 0.1) is 0 Å². The molecule has 0 N–H and O–H groups in total. The average molecular weight is 1150 g/mol. The predicted octanol–water partition coefficient (Wildman–Crippen LogP) is 25.1. The Morgan fingerprint density at radius 3 is 0.695 bits per heavy atom. The topological polar surface area (TPSA) is 78.9 Å². The van der Waals surface area contributed by atoms with Crippen molar-refractivity contribution in [2.45, 2.75) is 393 Å². The van der Waals surface area contributed by atoms with Crippen LogP contribution in [0.2, 0.25) is 0 Å². The molecule has 0 aromatic rings. The maximum Gasteiger partial charge on any atom is 0.306 e. The Morgan fingerprint density at radius 2 is 0.439 bits per heavy atom. The van der Waals surface area contributed by atoms with E-state index >= 15 is 0 Å². The Labute approximate surface area is 510 Å². The van der Waals surface area contributed by atoms with E-state index in [9.17, 15) is 14.4 Å². The van der Waals surface area contributed by atoms with E-state index in [1.807, 2.05) is 0 Å². The minimum Gasteiger partial charge on any atom is -0.462 e. The molecule has 1 unspecified atom stereocenters. The summed E-state index contributed by atoms with van der Waals surface area (Å²) < 4.78 is 17.0. The van der Waals surface area contributed by atoms with Crippen LogP contribution in [0.5, 0.6) is 0 Å². The van der Waals surface area contributed by atoms with Crippen molar-refractivity contribution in [2.75, 3.05) is 13.2 Å². The van der Waals surface area contributed by atoms with Gasteiger partial charge in [0.15, 0.2) is 6.10 Å². The third-order valence-electron chi connectivity index (χ3n) is 16.2. The van der Waals surface area contributed by atoms with Crippen LogP contribution < -0.4 is 0 Å². The number of rotatable bonds is 67. The molecule has 6 heteroatoms. The number of carbonyl (C=O) groups is 3. The molecule has 0 aliphatic rings. The van der Waals surface area contributed by atoms with Crippen molar-refractivity contribution in [3.05, 3.63) is 60.8 Å². The molecule has 6 nitrogen and oxygen atoms in total. The molecule has 0 fully saturated rings. The first-order chi connectivity index (χ1) is 40.5. The van der Waals surface area contributed by atoms with Crippen molar-refractivity contribution >= 4 is 17.9 Å². The van der Waals surface area contributed by atoms with E-state index in [0.29, 0.717) is 19.3 Å². The van der Waals surface area contributed by atoms with Crippen LogP contribution in [0.1, 0.15) is 387 Å². The van der Waals surface area contributed by atoms with E-state index in [1.54, 1.807) is 0 Å². The summed E-state index contributed by atoms with van der Waals surface area (Å²) >= 11 is 0. The van der Waals surface area contributed by atoms with E-state index in [4.69, 9.17) is 14.2 Å². The molecule has 0 rings (SSSR count). The minimum absolute atomic E-state index is 0.0758. The van der Waals surface area contributed by atoms with Gasteiger partial charge in [0.05, 0.1) is 0 Å². The van der Waals surface area contributed by atoms with Gasteiger partial charge in [-0.2, -0.15) is 0 Å². The van der Waals surface area contributed by atoms with Crippen molar-refractivity contribution in [3.8, 4) is 0 Å². The zero-order valence-electron chi connectivity index (χ0n) is 55.0. The van der Waals surface area contributed by atoms with Crippen LogP contribution in [-0.2, 0) is 28.6 Å². The molecular formula is C76H138O6. The van der Waals surface area contributed by atoms with Crippen LogP contribution in [-0.4, -0.2) is 37.2 Å². The van der Waals surface area contributed by atoms with Gasteiger partial charge in [0.1, 0.15) is 13.2 Å². The highest BCUT2D eigenvalue weighted by atomic mass is 16.6. The molecule has 0 amide bonds. The zero-order chi connectivity index (χ0) is 59.2. The van der Waals surface area contributed by atoms with E-state index in [1.165, 1.54) is 276 Å². The summed E-state index contributed by atoms with van der Waals surface area (Å²) in [5.74, 6) is -0.861. The van der Waals surface area contributed by atoms with Crippen LogP contribution in [0.25, 0.3) is 0 Å². The fourth-order valence-electron chi connectivity index (χ4n) is 10.7. The third-order valence-corrected chi connectivity index (χ3v) is 16.2. The summed E-state index contributed by atoms with van der Waals surface area (Å²) in [4.78, 5) is 38.5. The lowest BCUT2D eigenvalue weighted by molar-refractivity contribution is -0.167. The summed E-state index contributed by atoms with van der Waals surface area (Å²) in [5, 5.41) is 0. The molecule has 0 aliphatic heterocycles. The first-order valence-electron chi connectivity index (χ1n) is 36.3. The van der Waals surface area contributed by atoms with Gasteiger partial charge in [-0.3, -0.25) is 14.4 Å². The van der Waals surface area contributed by atoms with E-state index < -0.39 is 6.10 Å². The van der Waals surface area contributed by atoms with Gasteiger partial charge in [-0.25, -0.2) is 0 Å². The second-order valence-electron chi connectivity index (χ2n) is 24.5. The van der Waals surface area contributed by atoms with Crippen molar-refractivity contribution < 1.29 is 28.6 Å². The Balaban J connectivity index is 4.34. The number of ether oxygens (including phenoxy) is 3. The lowest BCUT2D eigenvalue weighted by Crippen LogP contribution is -2.30. The Kier molecular flexibility index (Phi) is 68.1. The number of allylic oxidation sites excluding steroid dienone is 10. The summed E-state index contributed by atoms with van der Waals surface area (Å²) in [6.45, 7) is 6.68. The summed E-state index contributed by atoms with van der Waals surface area (Å²) in [6, 6.07) is 0. The smallest absolute Gasteiger partial charge is 0.306 e. The van der Waals surface area contributed by atoms with Crippen LogP contribution in [0.15, 0.2) is 60.8 Å².